The Morgan fingerprint density at radius 3 is 2.35 bits per heavy atom. The minimum Gasteiger partial charge on any atom is -0.493 e. The van der Waals surface area contributed by atoms with E-state index in [9.17, 15) is 32.6 Å². The van der Waals surface area contributed by atoms with Gasteiger partial charge in [-0.3, -0.25) is 4.79 Å². The molecule has 4 rings (SSSR count). The number of nitrogens with two attached hydrogens (primary N) is 1. The molecule has 1 aromatic heterocycles. The molecule has 1 heterocycles. The number of alkyl halides is 3. The van der Waals surface area contributed by atoms with E-state index in [-0.39, 0.29) is 34.2 Å². The number of carbonyl (C=O) groups excluding carboxylic acids is 1. The first kappa shape index (κ1) is 29.2. The van der Waals surface area contributed by atoms with Crippen molar-refractivity contribution in [2.24, 2.45) is 5.73 Å². The second-order valence-electron chi connectivity index (χ2n) is 9.93. The largest absolute Gasteiger partial charge is 0.493 e. The summed E-state index contributed by atoms with van der Waals surface area (Å²) < 4.78 is 67.7. The molecule has 8 nitrogen and oxygen atoms in total. The SMILES string of the molecule is COc1cc(C(=O)NCC(O)(c2cc(C(C)(N)CO)cc(-c3ccc(F)cc3)n2)C(F)(F)F)ccc1OC1CC1. The maximum absolute atomic E-state index is 14.4. The van der Waals surface area contributed by atoms with Crippen LogP contribution in [0.3, 0.4) is 0 Å². The van der Waals surface area contributed by atoms with E-state index in [0.29, 0.717) is 5.75 Å². The Balaban J connectivity index is 1.69. The van der Waals surface area contributed by atoms with Gasteiger partial charge in [-0.05, 0) is 79.9 Å². The molecule has 5 N–H and O–H groups in total. The molecule has 1 saturated carbocycles. The monoisotopic (exact) mass is 563 g/mol. The van der Waals surface area contributed by atoms with E-state index in [1.807, 2.05) is 0 Å². The third kappa shape index (κ3) is 6.19. The summed E-state index contributed by atoms with van der Waals surface area (Å²) in [5, 5.41) is 22.9. The lowest BCUT2D eigenvalue weighted by Gasteiger charge is -2.32. The topological polar surface area (TPSA) is 127 Å². The number of benzene rings is 2. The minimum absolute atomic E-state index is 0.0203. The third-order valence-electron chi connectivity index (χ3n) is 6.59. The number of ether oxygens (including phenoxy) is 2. The van der Waals surface area contributed by atoms with Crippen molar-refractivity contribution in [2.45, 2.75) is 43.2 Å². The second-order valence-corrected chi connectivity index (χ2v) is 9.93. The van der Waals surface area contributed by atoms with Gasteiger partial charge in [-0.25, -0.2) is 9.37 Å². The molecule has 1 aliphatic carbocycles. The molecule has 214 valence electrons. The van der Waals surface area contributed by atoms with Crippen molar-refractivity contribution < 1.29 is 42.0 Å². The number of aromatic nitrogens is 1. The minimum atomic E-state index is -5.30. The number of nitrogens with zero attached hydrogens (tertiary/aromatic N) is 1. The van der Waals surface area contributed by atoms with Gasteiger partial charge in [-0.2, -0.15) is 13.2 Å². The van der Waals surface area contributed by atoms with Crippen LogP contribution in [0.4, 0.5) is 17.6 Å². The van der Waals surface area contributed by atoms with Gasteiger partial charge in [0.2, 0.25) is 5.60 Å². The Labute approximate surface area is 227 Å². The number of amides is 1. The molecule has 12 heteroatoms. The van der Waals surface area contributed by atoms with Gasteiger partial charge >= 0.3 is 6.18 Å². The predicted octanol–water partition coefficient (Wildman–Crippen LogP) is 3.78. The maximum atomic E-state index is 14.4. The molecule has 0 spiro atoms. The van der Waals surface area contributed by atoms with Gasteiger partial charge in [0.25, 0.3) is 5.91 Å². The Hall–Kier alpha value is -3.74. The lowest BCUT2D eigenvalue weighted by molar-refractivity contribution is -0.265. The Morgan fingerprint density at radius 1 is 1.10 bits per heavy atom. The van der Waals surface area contributed by atoms with Crippen LogP contribution in [0.1, 0.15) is 41.4 Å². The molecular weight excluding hydrogens is 534 g/mol. The highest BCUT2D eigenvalue weighted by Crippen LogP contribution is 2.40. The van der Waals surface area contributed by atoms with Gasteiger partial charge in [-0.1, -0.05) is 0 Å². The number of nitrogens with one attached hydrogen (secondary N) is 1. The number of rotatable bonds is 10. The fourth-order valence-corrected chi connectivity index (χ4v) is 3.85. The van der Waals surface area contributed by atoms with Crippen molar-refractivity contribution in [3.05, 3.63) is 77.2 Å². The molecule has 40 heavy (non-hydrogen) atoms. The van der Waals surface area contributed by atoms with Gasteiger partial charge in [0.15, 0.2) is 11.5 Å². The average Bonchev–Trinajstić information content (AvgIpc) is 3.75. The fraction of sp³-hybridized carbons (Fsp3) is 0.357. The van der Waals surface area contributed by atoms with Crippen LogP contribution in [-0.4, -0.2) is 53.6 Å². The maximum Gasteiger partial charge on any atom is 0.424 e. The number of hydrogen-bond donors (Lipinski definition) is 4. The quantitative estimate of drug-likeness (QED) is 0.277. The normalized spacial score (nSPS) is 16.5. The first-order chi connectivity index (χ1) is 18.8. The van der Waals surface area contributed by atoms with Gasteiger partial charge in [0.05, 0.1) is 43.3 Å². The van der Waals surface area contributed by atoms with Crippen molar-refractivity contribution in [3.63, 3.8) is 0 Å². The van der Waals surface area contributed by atoms with E-state index in [4.69, 9.17) is 15.2 Å². The molecule has 0 aliphatic heterocycles. The zero-order chi connectivity index (χ0) is 29.3. The average molecular weight is 564 g/mol. The Bertz CT molecular complexity index is 1380. The molecule has 1 amide bonds. The number of aliphatic hydroxyl groups excluding tert-OH is 1. The summed E-state index contributed by atoms with van der Waals surface area (Å²) in [7, 11) is 1.37. The summed E-state index contributed by atoms with van der Waals surface area (Å²) in [4.78, 5) is 16.9. The standard InChI is InChI=1S/C28H29F4N3O5/c1-26(33,15-36)18-12-21(16-3-6-19(29)7-4-16)35-24(13-18)27(38,28(30,31)32)14-34-25(37)17-5-10-22(23(11-17)39-2)40-20-8-9-20/h3-7,10-13,20,36,38H,8-9,14-15,33H2,1-2H3,(H,34,37). The second kappa shape index (κ2) is 11.0. The molecule has 0 saturated heterocycles. The zero-order valence-electron chi connectivity index (χ0n) is 21.8. The van der Waals surface area contributed by atoms with Crippen LogP contribution in [-0.2, 0) is 11.1 Å². The fourth-order valence-electron chi connectivity index (χ4n) is 3.85. The van der Waals surface area contributed by atoms with Crippen molar-refractivity contribution in [1.82, 2.24) is 10.3 Å². The summed E-state index contributed by atoms with van der Waals surface area (Å²) in [5.41, 5.74) is 0.277. The van der Waals surface area contributed by atoms with E-state index in [1.165, 1.54) is 50.4 Å². The molecule has 1 aliphatic rings. The lowest BCUT2D eigenvalue weighted by Crippen LogP contribution is -2.52. The number of pyridine rings is 1. The van der Waals surface area contributed by atoms with Crippen LogP contribution >= 0.6 is 0 Å². The first-order valence-corrected chi connectivity index (χ1v) is 12.4. The highest BCUT2D eigenvalue weighted by atomic mass is 19.4. The van der Waals surface area contributed by atoms with E-state index in [2.05, 4.69) is 10.3 Å². The van der Waals surface area contributed by atoms with Crippen LogP contribution in [0.15, 0.2) is 54.6 Å². The van der Waals surface area contributed by atoms with Crippen LogP contribution in [0.5, 0.6) is 11.5 Å². The molecule has 3 aromatic rings. The summed E-state index contributed by atoms with van der Waals surface area (Å²) in [6, 6.07) is 11.3. The van der Waals surface area contributed by atoms with Crippen molar-refractivity contribution in [1.29, 1.82) is 0 Å². The van der Waals surface area contributed by atoms with Crippen LogP contribution in [0, 0.1) is 5.82 Å². The molecule has 2 aromatic carbocycles. The first-order valence-electron chi connectivity index (χ1n) is 12.4. The third-order valence-corrected chi connectivity index (χ3v) is 6.59. The van der Waals surface area contributed by atoms with Crippen molar-refractivity contribution in [2.75, 3.05) is 20.3 Å². The van der Waals surface area contributed by atoms with E-state index < -0.39 is 47.9 Å². The number of aliphatic hydroxyl groups is 2. The van der Waals surface area contributed by atoms with Crippen LogP contribution < -0.4 is 20.5 Å². The molecule has 2 unspecified atom stereocenters. The van der Waals surface area contributed by atoms with Crippen molar-refractivity contribution in [3.8, 4) is 22.8 Å². The van der Waals surface area contributed by atoms with E-state index in [1.54, 1.807) is 0 Å². The van der Waals surface area contributed by atoms with Gasteiger partial charge in [0.1, 0.15) is 5.82 Å². The van der Waals surface area contributed by atoms with E-state index >= 15 is 0 Å². The Morgan fingerprint density at radius 2 is 1.77 bits per heavy atom. The molecule has 1 fully saturated rings. The molecule has 0 bridgehead atoms. The number of halogens is 4. The summed E-state index contributed by atoms with van der Waals surface area (Å²) >= 11 is 0. The molecule has 2 atom stereocenters. The molecule has 0 radical (unpaired) electrons. The van der Waals surface area contributed by atoms with Crippen LogP contribution in [0.25, 0.3) is 11.3 Å². The predicted molar refractivity (Wildman–Crippen MR) is 137 cm³/mol. The molecular formula is C28H29F4N3O5. The zero-order valence-corrected chi connectivity index (χ0v) is 21.8. The number of carbonyl (C=O) groups is 1. The van der Waals surface area contributed by atoms with Crippen LogP contribution in [0.2, 0.25) is 0 Å². The van der Waals surface area contributed by atoms with Gasteiger partial charge in [-0.15, -0.1) is 0 Å². The number of hydrogen-bond acceptors (Lipinski definition) is 7. The summed E-state index contributed by atoms with van der Waals surface area (Å²) in [6.45, 7) is -0.542. The lowest BCUT2D eigenvalue weighted by atomic mass is 9.88. The van der Waals surface area contributed by atoms with Gasteiger partial charge < -0.3 is 30.7 Å². The Kier molecular flexibility index (Phi) is 8.06. The smallest absolute Gasteiger partial charge is 0.424 e. The highest BCUT2D eigenvalue weighted by molar-refractivity contribution is 5.95. The highest BCUT2D eigenvalue weighted by Gasteiger charge is 2.56. The van der Waals surface area contributed by atoms with E-state index in [0.717, 1.165) is 31.0 Å². The summed E-state index contributed by atoms with van der Waals surface area (Å²) in [5.74, 6) is -0.850. The van der Waals surface area contributed by atoms with Gasteiger partial charge in [0, 0.05) is 11.1 Å². The number of methoxy groups -OCH3 is 1. The van der Waals surface area contributed by atoms with Crippen molar-refractivity contribution >= 4 is 5.91 Å². The summed E-state index contributed by atoms with van der Waals surface area (Å²) in [6.07, 6.45) is -3.46.